The molecule has 0 aliphatic carbocycles. The average molecular weight is 263 g/mol. The highest BCUT2D eigenvalue weighted by atomic mass is 16.6. The summed E-state index contributed by atoms with van der Waals surface area (Å²) in [6.07, 6.45) is 0. The van der Waals surface area contributed by atoms with Gasteiger partial charge in [-0.15, -0.1) is 0 Å². The Hall–Kier alpha value is -2.77. The Morgan fingerprint density at radius 3 is 2.68 bits per heavy atom. The summed E-state index contributed by atoms with van der Waals surface area (Å²) in [4.78, 5) is 25.2. The van der Waals surface area contributed by atoms with E-state index in [1.165, 1.54) is 24.3 Å². The molecular formula is C11H9N3O5. The maximum absolute atomic E-state index is 11.3. The second-order valence-corrected chi connectivity index (χ2v) is 3.45. The molecule has 1 aromatic carbocycles. The molecule has 0 aliphatic heterocycles. The van der Waals surface area contributed by atoms with Crippen LogP contribution in [0.1, 0.15) is 17.5 Å². The molecule has 0 radical (unpaired) electrons. The molecule has 0 atom stereocenters. The normalized spacial score (nSPS) is 10.2. The van der Waals surface area contributed by atoms with Gasteiger partial charge in [0.2, 0.25) is 0 Å². The smallest absolute Gasteiger partial charge is 0.379 e. The summed E-state index contributed by atoms with van der Waals surface area (Å²) in [5.41, 5.74) is 0.433. The van der Waals surface area contributed by atoms with Crippen LogP contribution in [-0.4, -0.2) is 27.6 Å². The number of non-ortho nitro benzene ring substituents is 1. The minimum absolute atomic E-state index is 0.0473. The number of carbonyl (C=O) groups is 1. The summed E-state index contributed by atoms with van der Waals surface area (Å²) < 4.78 is 9.60. The van der Waals surface area contributed by atoms with Gasteiger partial charge in [0.1, 0.15) is 0 Å². The number of hydrogen-bond acceptors (Lipinski definition) is 7. The molecule has 1 heterocycles. The highest BCUT2D eigenvalue weighted by molar-refractivity contribution is 5.85. The largest absolute Gasteiger partial charge is 0.460 e. The summed E-state index contributed by atoms with van der Waals surface area (Å²) >= 11 is 0. The number of nitro groups is 1. The quantitative estimate of drug-likeness (QED) is 0.470. The minimum Gasteiger partial charge on any atom is -0.460 e. The molecule has 0 amide bonds. The van der Waals surface area contributed by atoms with Gasteiger partial charge in [0.05, 0.1) is 11.5 Å². The number of nitro benzene ring substituents is 1. The van der Waals surface area contributed by atoms with E-state index in [0.717, 1.165) is 0 Å². The van der Waals surface area contributed by atoms with Crippen molar-refractivity contribution in [3.8, 4) is 11.5 Å². The Balaban J connectivity index is 2.23. The number of aromatic nitrogens is 2. The Bertz CT molecular complexity index is 605. The molecule has 0 fully saturated rings. The standard InChI is InChI=1S/C11H9N3O5/c1-2-18-11(15)9-12-10(19-13-9)7-3-5-8(6-4-7)14(16)17/h3-6H,2H2,1H3. The summed E-state index contributed by atoms with van der Waals surface area (Å²) in [5.74, 6) is -0.771. The van der Waals surface area contributed by atoms with Crippen LogP contribution in [0.4, 0.5) is 5.69 Å². The van der Waals surface area contributed by atoms with Gasteiger partial charge in [-0.05, 0) is 24.2 Å². The fourth-order valence-corrected chi connectivity index (χ4v) is 1.35. The number of hydrogen-bond donors (Lipinski definition) is 0. The van der Waals surface area contributed by atoms with E-state index < -0.39 is 10.9 Å². The molecule has 2 rings (SSSR count). The topological polar surface area (TPSA) is 108 Å². The average Bonchev–Trinajstić information content (AvgIpc) is 2.89. The van der Waals surface area contributed by atoms with Crippen molar-refractivity contribution in [3.05, 3.63) is 40.2 Å². The molecule has 1 aromatic heterocycles. The summed E-state index contributed by atoms with van der Waals surface area (Å²) in [6, 6.07) is 5.54. The number of ether oxygens (including phenoxy) is 1. The molecule has 8 heteroatoms. The van der Waals surface area contributed by atoms with Crippen LogP contribution in [0.5, 0.6) is 0 Å². The molecule has 0 unspecified atom stereocenters. The predicted octanol–water partition coefficient (Wildman–Crippen LogP) is 1.82. The summed E-state index contributed by atoms with van der Waals surface area (Å²) in [7, 11) is 0. The van der Waals surface area contributed by atoms with Gasteiger partial charge in [0.15, 0.2) is 0 Å². The van der Waals surface area contributed by atoms with Crippen molar-refractivity contribution in [2.24, 2.45) is 0 Å². The first-order chi connectivity index (χ1) is 9.11. The van der Waals surface area contributed by atoms with Gasteiger partial charge in [-0.25, -0.2) is 4.79 Å². The van der Waals surface area contributed by atoms with E-state index in [4.69, 9.17) is 9.26 Å². The monoisotopic (exact) mass is 263 g/mol. The lowest BCUT2D eigenvalue weighted by molar-refractivity contribution is -0.384. The van der Waals surface area contributed by atoms with Crippen LogP contribution in [0.25, 0.3) is 11.5 Å². The van der Waals surface area contributed by atoms with Gasteiger partial charge < -0.3 is 9.26 Å². The highest BCUT2D eigenvalue weighted by Gasteiger charge is 2.17. The SMILES string of the molecule is CCOC(=O)c1noc(-c2ccc([N+](=O)[O-])cc2)n1. The maximum atomic E-state index is 11.3. The Morgan fingerprint density at radius 1 is 1.42 bits per heavy atom. The van der Waals surface area contributed by atoms with Crippen molar-refractivity contribution in [1.82, 2.24) is 10.1 Å². The first-order valence-electron chi connectivity index (χ1n) is 5.37. The number of rotatable bonds is 4. The van der Waals surface area contributed by atoms with Crippen LogP contribution in [0.2, 0.25) is 0 Å². The summed E-state index contributed by atoms with van der Waals surface area (Å²) in [5, 5.41) is 14.0. The van der Waals surface area contributed by atoms with E-state index in [1.54, 1.807) is 6.92 Å². The van der Waals surface area contributed by atoms with Crippen molar-refractivity contribution >= 4 is 11.7 Å². The molecule has 8 nitrogen and oxygen atoms in total. The van der Waals surface area contributed by atoms with Gasteiger partial charge in [-0.1, -0.05) is 0 Å². The lowest BCUT2D eigenvalue weighted by Crippen LogP contribution is -2.06. The van der Waals surface area contributed by atoms with E-state index >= 15 is 0 Å². The molecule has 0 spiro atoms. The van der Waals surface area contributed by atoms with Crippen molar-refractivity contribution in [3.63, 3.8) is 0 Å². The number of nitrogens with zero attached hydrogens (tertiary/aromatic N) is 3. The third kappa shape index (κ3) is 2.73. The highest BCUT2D eigenvalue weighted by Crippen LogP contribution is 2.20. The molecular weight excluding hydrogens is 254 g/mol. The van der Waals surface area contributed by atoms with Crippen LogP contribution in [0, 0.1) is 10.1 Å². The number of carbonyl (C=O) groups excluding carboxylic acids is 1. The zero-order chi connectivity index (χ0) is 13.8. The fourth-order valence-electron chi connectivity index (χ4n) is 1.35. The molecule has 0 aliphatic rings. The minimum atomic E-state index is -0.681. The van der Waals surface area contributed by atoms with Crippen LogP contribution in [0.15, 0.2) is 28.8 Å². The van der Waals surface area contributed by atoms with Crippen molar-refractivity contribution in [1.29, 1.82) is 0 Å². The third-order valence-electron chi connectivity index (χ3n) is 2.21. The first-order valence-corrected chi connectivity index (χ1v) is 5.37. The van der Waals surface area contributed by atoms with Crippen molar-refractivity contribution in [2.45, 2.75) is 6.92 Å². The zero-order valence-corrected chi connectivity index (χ0v) is 9.90. The van der Waals surface area contributed by atoms with Gasteiger partial charge in [-0.2, -0.15) is 4.98 Å². The van der Waals surface area contributed by atoms with E-state index in [0.29, 0.717) is 5.56 Å². The van der Waals surface area contributed by atoms with Gasteiger partial charge in [0, 0.05) is 17.7 Å². The molecule has 2 aromatic rings. The maximum Gasteiger partial charge on any atom is 0.379 e. The van der Waals surface area contributed by atoms with Crippen molar-refractivity contribution < 1.29 is 19.0 Å². The first kappa shape index (κ1) is 12.7. The van der Waals surface area contributed by atoms with Gasteiger partial charge in [0.25, 0.3) is 17.4 Å². The Morgan fingerprint density at radius 2 is 2.11 bits per heavy atom. The Labute approximate surface area is 107 Å². The van der Waals surface area contributed by atoms with E-state index in [-0.39, 0.29) is 24.0 Å². The molecule has 98 valence electrons. The number of esters is 1. The third-order valence-corrected chi connectivity index (χ3v) is 2.21. The van der Waals surface area contributed by atoms with Gasteiger partial charge in [-0.3, -0.25) is 10.1 Å². The predicted molar refractivity (Wildman–Crippen MR) is 62.3 cm³/mol. The molecule has 0 N–H and O–H groups in total. The second-order valence-electron chi connectivity index (χ2n) is 3.45. The Kier molecular flexibility index (Phi) is 3.51. The van der Waals surface area contributed by atoms with Gasteiger partial charge >= 0.3 is 5.97 Å². The zero-order valence-electron chi connectivity index (χ0n) is 9.90. The lowest BCUT2D eigenvalue weighted by atomic mass is 10.2. The second kappa shape index (κ2) is 5.25. The lowest BCUT2D eigenvalue weighted by Gasteiger charge is -1.94. The van der Waals surface area contributed by atoms with Crippen LogP contribution in [0.3, 0.4) is 0 Å². The van der Waals surface area contributed by atoms with E-state index in [1.807, 2.05) is 0 Å². The van der Waals surface area contributed by atoms with E-state index in [9.17, 15) is 14.9 Å². The fraction of sp³-hybridized carbons (Fsp3) is 0.182. The molecule has 0 saturated heterocycles. The van der Waals surface area contributed by atoms with E-state index in [2.05, 4.69) is 10.1 Å². The van der Waals surface area contributed by atoms with Crippen LogP contribution < -0.4 is 0 Å². The van der Waals surface area contributed by atoms with Crippen LogP contribution >= 0.6 is 0 Å². The molecule has 0 bridgehead atoms. The van der Waals surface area contributed by atoms with Crippen LogP contribution in [-0.2, 0) is 4.74 Å². The number of benzene rings is 1. The summed E-state index contributed by atoms with van der Waals surface area (Å²) in [6.45, 7) is 1.87. The van der Waals surface area contributed by atoms with Crippen molar-refractivity contribution in [2.75, 3.05) is 6.61 Å². The molecule has 0 saturated carbocycles. The molecule has 19 heavy (non-hydrogen) atoms.